The molecule has 1 N–H and O–H groups in total. The number of urea groups is 1. The maximum absolute atomic E-state index is 12.4. The van der Waals surface area contributed by atoms with Gasteiger partial charge in [-0.1, -0.05) is 24.3 Å². The Balaban J connectivity index is 1.77. The Bertz CT molecular complexity index is 718. The standard InChI is InChI=1S/C21H29N3O2/c1-16-9-7-13-22-19(16)15-17(2)24(3)21(25)23-14-8-11-18-10-5-6-12-20(18)26-4/h5-7,9-10,12-13,17H,8,11,14-15H2,1-4H3,(H,23,25). The molecule has 2 amide bonds. The van der Waals surface area contributed by atoms with E-state index in [0.717, 1.165) is 41.8 Å². The van der Waals surface area contributed by atoms with E-state index in [1.165, 1.54) is 0 Å². The monoisotopic (exact) mass is 355 g/mol. The van der Waals surface area contributed by atoms with Crippen molar-refractivity contribution in [3.05, 3.63) is 59.4 Å². The number of rotatable bonds is 8. The molecule has 5 heteroatoms. The smallest absolute Gasteiger partial charge is 0.317 e. The summed E-state index contributed by atoms with van der Waals surface area (Å²) in [5.74, 6) is 0.898. The van der Waals surface area contributed by atoms with Crippen LogP contribution in [0.25, 0.3) is 0 Å². The Kier molecular flexibility index (Phi) is 7.45. The van der Waals surface area contributed by atoms with E-state index in [2.05, 4.69) is 16.4 Å². The molecule has 0 aliphatic rings. The van der Waals surface area contributed by atoms with Gasteiger partial charge in [0.25, 0.3) is 0 Å². The van der Waals surface area contributed by atoms with Gasteiger partial charge in [-0.15, -0.1) is 0 Å². The zero-order valence-electron chi connectivity index (χ0n) is 16.2. The molecule has 1 unspecified atom stereocenters. The third kappa shape index (κ3) is 5.48. The summed E-state index contributed by atoms with van der Waals surface area (Å²) in [6.07, 6.45) is 4.29. The predicted octanol–water partition coefficient (Wildman–Crippen LogP) is 3.60. The number of aryl methyl sites for hydroxylation is 2. The number of para-hydroxylation sites is 1. The first-order valence-corrected chi connectivity index (χ1v) is 9.06. The molecular formula is C21H29N3O2. The third-order valence-corrected chi connectivity index (χ3v) is 4.68. The highest BCUT2D eigenvalue weighted by Gasteiger charge is 2.17. The van der Waals surface area contributed by atoms with Crippen molar-refractivity contribution in [3.63, 3.8) is 0 Å². The fourth-order valence-corrected chi connectivity index (χ4v) is 2.86. The van der Waals surface area contributed by atoms with E-state index in [0.29, 0.717) is 6.54 Å². The second-order valence-electron chi connectivity index (χ2n) is 6.58. The largest absolute Gasteiger partial charge is 0.496 e. The first kappa shape index (κ1) is 19.8. The molecule has 5 nitrogen and oxygen atoms in total. The minimum Gasteiger partial charge on any atom is -0.496 e. The predicted molar refractivity (Wildman–Crippen MR) is 105 cm³/mol. The van der Waals surface area contributed by atoms with Crippen LogP contribution in [-0.4, -0.2) is 42.7 Å². The lowest BCUT2D eigenvalue weighted by Gasteiger charge is -2.25. The van der Waals surface area contributed by atoms with E-state index in [1.807, 2.05) is 51.2 Å². The minimum absolute atomic E-state index is 0.0499. The van der Waals surface area contributed by atoms with Crippen LogP contribution in [0.1, 0.15) is 30.2 Å². The van der Waals surface area contributed by atoms with Crippen LogP contribution in [0.4, 0.5) is 4.79 Å². The van der Waals surface area contributed by atoms with Crippen molar-refractivity contribution < 1.29 is 9.53 Å². The maximum Gasteiger partial charge on any atom is 0.317 e. The molecule has 1 atom stereocenters. The second-order valence-corrected chi connectivity index (χ2v) is 6.58. The van der Waals surface area contributed by atoms with Gasteiger partial charge in [0.2, 0.25) is 0 Å². The molecule has 0 saturated heterocycles. The number of carbonyl (C=O) groups excluding carboxylic acids is 1. The fourth-order valence-electron chi connectivity index (χ4n) is 2.86. The molecule has 2 aromatic rings. The Morgan fingerprint density at radius 1 is 1.27 bits per heavy atom. The molecular weight excluding hydrogens is 326 g/mol. The van der Waals surface area contributed by atoms with Crippen LogP contribution >= 0.6 is 0 Å². The van der Waals surface area contributed by atoms with Crippen molar-refractivity contribution in [3.8, 4) is 5.75 Å². The molecule has 1 aromatic heterocycles. The number of hydrogen-bond acceptors (Lipinski definition) is 3. The van der Waals surface area contributed by atoms with Crippen molar-refractivity contribution in [2.45, 2.75) is 39.2 Å². The van der Waals surface area contributed by atoms with Crippen LogP contribution in [0, 0.1) is 6.92 Å². The van der Waals surface area contributed by atoms with E-state index in [4.69, 9.17) is 4.74 Å². The van der Waals surface area contributed by atoms with Gasteiger partial charge in [0.15, 0.2) is 0 Å². The number of benzene rings is 1. The first-order chi connectivity index (χ1) is 12.5. The number of nitrogens with zero attached hydrogens (tertiary/aromatic N) is 2. The number of hydrogen-bond donors (Lipinski definition) is 1. The summed E-state index contributed by atoms with van der Waals surface area (Å²) in [6, 6.07) is 12.0. The van der Waals surface area contributed by atoms with Crippen molar-refractivity contribution in [1.29, 1.82) is 0 Å². The Morgan fingerprint density at radius 3 is 2.77 bits per heavy atom. The quantitative estimate of drug-likeness (QED) is 0.736. The lowest BCUT2D eigenvalue weighted by Crippen LogP contribution is -2.43. The van der Waals surface area contributed by atoms with Crippen LogP contribution in [0.3, 0.4) is 0 Å². The molecule has 0 radical (unpaired) electrons. The zero-order valence-corrected chi connectivity index (χ0v) is 16.2. The molecule has 0 fully saturated rings. The van der Waals surface area contributed by atoms with E-state index in [-0.39, 0.29) is 12.1 Å². The van der Waals surface area contributed by atoms with Gasteiger partial charge in [0.05, 0.1) is 7.11 Å². The summed E-state index contributed by atoms with van der Waals surface area (Å²) in [7, 11) is 3.51. The highest BCUT2D eigenvalue weighted by Crippen LogP contribution is 2.18. The van der Waals surface area contributed by atoms with Gasteiger partial charge in [-0.05, 0) is 49.9 Å². The number of likely N-dealkylation sites (N-methyl/N-ethyl adjacent to an activating group) is 1. The van der Waals surface area contributed by atoms with Crippen LogP contribution in [0.2, 0.25) is 0 Å². The number of methoxy groups -OCH3 is 1. The molecule has 0 bridgehead atoms. The molecule has 0 aliphatic heterocycles. The molecule has 26 heavy (non-hydrogen) atoms. The maximum atomic E-state index is 12.4. The summed E-state index contributed by atoms with van der Waals surface area (Å²) >= 11 is 0. The SMILES string of the molecule is COc1ccccc1CCCNC(=O)N(C)C(C)Cc1ncccc1C. The van der Waals surface area contributed by atoms with Gasteiger partial charge in [-0.2, -0.15) is 0 Å². The molecule has 1 heterocycles. The van der Waals surface area contributed by atoms with Crippen molar-refractivity contribution in [2.24, 2.45) is 0 Å². The summed E-state index contributed by atoms with van der Waals surface area (Å²) in [4.78, 5) is 18.5. The lowest BCUT2D eigenvalue weighted by molar-refractivity contribution is 0.193. The van der Waals surface area contributed by atoms with Crippen LogP contribution in [0.5, 0.6) is 5.75 Å². The van der Waals surface area contributed by atoms with Crippen molar-refractivity contribution >= 4 is 6.03 Å². The summed E-state index contributed by atoms with van der Waals surface area (Å²) in [6.45, 7) is 4.73. The molecule has 140 valence electrons. The topological polar surface area (TPSA) is 54.5 Å². The molecule has 0 spiro atoms. The van der Waals surface area contributed by atoms with E-state index in [9.17, 15) is 4.79 Å². The first-order valence-electron chi connectivity index (χ1n) is 9.06. The van der Waals surface area contributed by atoms with E-state index in [1.54, 1.807) is 18.2 Å². The van der Waals surface area contributed by atoms with Crippen LogP contribution in [0.15, 0.2) is 42.6 Å². The number of ether oxygens (including phenoxy) is 1. The number of carbonyl (C=O) groups is 1. The number of pyridine rings is 1. The zero-order chi connectivity index (χ0) is 18.9. The van der Waals surface area contributed by atoms with Gasteiger partial charge >= 0.3 is 6.03 Å². The molecule has 0 saturated carbocycles. The third-order valence-electron chi connectivity index (χ3n) is 4.68. The average molecular weight is 355 g/mol. The molecule has 0 aliphatic carbocycles. The average Bonchev–Trinajstić information content (AvgIpc) is 2.66. The summed E-state index contributed by atoms with van der Waals surface area (Å²) < 4.78 is 5.36. The van der Waals surface area contributed by atoms with Gasteiger partial charge in [0.1, 0.15) is 5.75 Å². The molecule has 2 rings (SSSR count). The Hall–Kier alpha value is -2.56. The number of amides is 2. The second kappa shape index (κ2) is 9.80. The highest BCUT2D eigenvalue weighted by molar-refractivity contribution is 5.74. The summed E-state index contributed by atoms with van der Waals surface area (Å²) in [5.41, 5.74) is 3.36. The number of nitrogens with one attached hydrogen (secondary N) is 1. The van der Waals surface area contributed by atoms with Gasteiger partial charge in [-0.3, -0.25) is 4.98 Å². The van der Waals surface area contributed by atoms with Crippen LogP contribution < -0.4 is 10.1 Å². The van der Waals surface area contributed by atoms with Crippen molar-refractivity contribution in [1.82, 2.24) is 15.2 Å². The minimum atomic E-state index is -0.0499. The van der Waals surface area contributed by atoms with Gasteiger partial charge in [-0.25, -0.2) is 4.79 Å². The fraction of sp³-hybridized carbons (Fsp3) is 0.429. The van der Waals surface area contributed by atoms with Crippen molar-refractivity contribution in [2.75, 3.05) is 20.7 Å². The van der Waals surface area contributed by atoms with E-state index < -0.39 is 0 Å². The Morgan fingerprint density at radius 2 is 2.04 bits per heavy atom. The summed E-state index contributed by atoms with van der Waals surface area (Å²) in [5, 5.41) is 3.00. The lowest BCUT2D eigenvalue weighted by atomic mass is 10.1. The van der Waals surface area contributed by atoms with Crippen LogP contribution in [-0.2, 0) is 12.8 Å². The van der Waals surface area contributed by atoms with Gasteiger partial charge in [0, 0.05) is 37.9 Å². The highest BCUT2D eigenvalue weighted by atomic mass is 16.5. The Labute approximate surface area is 156 Å². The number of aromatic nitrogens is 1. The normalized spacial score (nSPS) is 11.7. The molecule has 1 aromatic carbocycles. The van der Waals surface area contributed by atoms with Gasteiger partial charge < -0.3 is 15.0 Å². The van der Waals surface area contributed by atoms with E-state index >= 15 is 0 Å².